The molecule has 0 saturated carbocycles. The van der Waals surface area contributed by atoms with Gasteiger partial charge in [-0.2, -0.15) is 0 Å². The number of thiophene rings is 2. The van der Waals surface area contributed by atoms with Crippen LogP contribution in [0.2, 0.25) is 0 Å². The van der Waals surface area contributed by atoms with Gasteiger partial charge in [0.1, 0.15) is 0 Å². The molecule has 58 heavy (non-hydrogen) atoms. The highest BCUT2D eigenvalue weighted by Crippen LogP contribution is 2.48. The second-order valence-corrected chi connectivity index (χ2v) is 17.7. The average molecular weight is 769 g/mol. The predicted molar refractivity (Wildman–Crippen MR) is 256 cm³/mol. The fourth-order valence-corrected chi connectivity index (χ4v) is 12.2. The lowest BCUT2D eigenvalue weighted by atomic mass is 9.83. The van der Waals surface area contributed by atoms with Crippen molar-refractivity contribution in [2.75, 3.05) is 0 Å². The Morgan fingerprint density at radius 2 is 0.724 bits per heavy atom. The molecular formula is C56H32S2. The molecule has 0 amide bonds. The first-order chi connectivity index (χ1) is 28.7. The molecule has 0 nitrogen and oxygen atoms in total. The van der Waals surface area contributed by atoms with E-state index in [0.717, 1.165) is 0 Å². The maximum atomic E-state index is 2.43. The second kappa shape index (κ2) is 12.3. The molecule has 0 unspecified atom stereocenters. The van der Waals surface area contributed by atoms with Crippen LogP contribution in [0.1, 0.15) is 0 Å². The Bertz CT molecular complexity index is 3800. The SMILES string of the molecule is c1ccc2c(-c3c4ccccc4c(-c4ccc(-c5ccc6cc7c(cc6c5)sc5cc6sc8ccccc8c6cc57)c5ccccc45)c4ccccc34)cccc2c1. The van der Waals surface area contributed by atoms with E-state index in [2.05, 4.69) is 194 Å². The van der Waals surface area contributed by atoms with Crippen LogP contribution in [-0.4, -0.2) is 0 Å². The van der Waals surface area contributed by atoms with E-state index in [4.69, 9.17) is 0 Å². The van der Waals surface area contributed by atoms with E-state index in [0.29, 0.717) is 0 Å². The summed E-state index contributed by atoms with van der Waals surface area (Å²) < 4.78 is 5.42. The van der Waals surface area contributed by atoms with E-state index in [1.807, 2.05) is 22.7 Å². The van der Waals surface area contributed by atoms with Crippen LogP contribution in [0.4, 0.5) is 0 Å². The van der Waals surface area contributed by atoms with Crippen molar-refractivity contribution in [2.24, 2.45) is 0 Å². The smallest absolute Gasteiger partial charge is 0.0369 e. The van der Waals surface area contributed by atoms with Gasteiger partial charge in [0.2, 0.25) is 0 Å². The molecule has 2 aromatic heterocycles. The molecule has 2 heterocycles. The maximum Gasteiger partial charge on any atom is 0.0369 e. The zero-order valence-corrected chi connectivity index (χ0v) is 32.9. The van der Waals surface area contributed by atoms with Crippen LogP contribution in [0.15, 0.2) is 194 Å². The lowest BCUT2D eigenvalue weighted by Gasteiger charge is -2.20. The van der Waals surface area contributed by atoms with Crippen molar-refractivity contribution < 1.29 is 0 Å². The molecule has 0 radical (unpaired) electrons. The highest BCUT2D eigenvalue weighted by molar-refractivity contribution is 7.28. The van der Waals surface area contributed by atoms with Gasteiger partial charge in [-0.1, -0.05) is 158 Å². The summed E-state index contributed by atoms with van der Waals surface area (Å²) in [6.45, 7) is 0. The fraction of sp³-hybridized carbons (Fsp3) is 0. The Balaban J connectivity index is 0.997. The summed E-state index contributed by atoms with van der Waals surface area (Å²) in [5.74, 6) is 0. The summed E-state index contributed by atoms with van der Waals surface area (Å²) in [5, 5.41) is 18.1. The third-order valence-electron chi connectivity index (χ3n) is 12.4. The van der Waals surface area contributed by atoms with E-state index in [9.17, 15) is 0 Å². The molecule has 11 aromatic carbocycles. The van der Waals surface area contributed by atoms with Crippen LogP contribution >= 0.6 is 22.7 Å². The Morgan fingerprint density at radius 3 is 1.45 bits per heavy atom. The van der Waals surface area contributed by atoms with Crippen molar-refractivity contribution >= 4 is 117 Å². The summed E-state index contributed by atoms with van der Waals surface area (Å²) in [6, 6.07) is 72.7. The Hall–Kier alpha value is -6.84. The largest absolute Gasteiger partial charge is 0.135 e. The van der Waals surface area contributed by atoms with Gasteiger partial charge < -0.3 is 0 Å². The minimum Gasteiger partial charge on any atom is -0.135 e. The van der Waals surface area contributed by atoms with Crippen molar-refractivity contribution in [2.45, 2.75) is 0 Å². The van der Waals surface area contributed by atoms with Gasteiger partial charge in [-0.25, -0.2) is 0 Å². The van der Waals surface area contributed by atoms with E-state index in [1.54, 1.807) is 0 Å². The molecule has 0 fully saturated rings. The van der Waals surface area contributed by atoms with Crippen LogP contribution in [0.5, 0.6) is 0 Å². The van der Waals surface area contributed by atoms with E-state index >= 15 is 0 Å². The Morgan fingerprint density at radius 1 is 0.224 bits per heavy atom. The van der Waals surface area contributed by atoms with Crippen molar-refractivity contribution in [1.29, 1.82) is 0 Å². The van der Waals surface area contributed by atoms with Crippen molar-refractivity contribution in [3.8, 4) is 33.4 Å². The summed E-state index contributed by atoms with van der Waals surface area (Å²) in [7, 11) is 0. The summed E-state index contributed by atoms with van der Waals surface area (Å²) in [5.41, 5.74) is 7.61. The predicted octanol–water partition coefficient (Wildman–Crippen LogP) is 17.2. The third kappa shape index (κ3) is 4.68. The first-order valence-corrected chi connectivity index (χ1v) is 21.5. The van der Waals surface area contributed by atoms with Crippen molar-refractivity contribution in [3.63, 3.8) is 0 Å². The minimum absolute atomic E-state index is 1.24. The van der Waals surface area contributed by atoms with E-state index in [-0.39, 0.29) is 0 Å². The van der Waals surface area contributed by atoms with Gasteiger partial charge in [-0.05, 0) is 124 Å². The molecule has 0 aliphatic heterocycles. The number of rotatable bonds is 3. The minimum atomic E-state index is 1.24. The lowest BCUT2D eigenvalue weighted by Crippen LogP contribution is -1.93. The summed E-state index contributed by atoms with van der Waals surface area (Å²) in [6.07, 6.45) is 0. The third-order valence-corrected chi connectivity index (χ3v) is 14.7. The molecule has 0 aliphatic carbocycles. The van der Waals surface area contributed by atoms with Crippen LogP contribution in [0, 0.1) is 0 Å². The maximum absolute atomic E-state index is 2.43. The topological polar surface area (TPSA) is 0 Å². The van der Waals surface area contributed by atoms with Crippen LogP contribution in [0.25, 0.3) is 128 Å². The zero-order chi connectivity index (χ0) is 37.9. The number of benzene rings is 11. The van der Waals surface area contributed by atoms with Gasteiger partial charge in [0.15, 0.2) is 0 Å². The van der Waals surface area contributed by atoms with E-state index < -0.39 is 0 Å². The van der Waals surface area contributed by atoms with Gasteiger partial charge in [0, 0.05) is 40.3 Å². The first kappa shape index (κ1) is 32.3. The van der Waals surface area contributed by atoms with Crippen molar-refractivity contribution in [1.82, 2.24) is 0 Å². The van der Waals surface area contributed by atoms with Gasteiger partial charge >= 0.3 is 0 Å². The van der Waals surface area contributed by atoms with Gasteiger partial charge in [0.25, 0.3) is 0 Å². The van der Waals surface area contributed by atoms with Crippen LogP contribution < -0.4 is 0 Å². The molecule has 2 heteroatoms. The summed E-state index contributed by atoms with van der Waals surface area (Å²) in [4.78, 5) is 0. The Labute approximate surface area is 342 Å². The standard InChI is InChI=1S/C56H32S2/c1-2-14-37-33(12-1)13-11-22-42(37)55-43-18-5-7-20-45(43)56(46-21-8-6-19-44(46)55)47-27-26-38(39-15-3-4-16-40(39)47)35-25-24-34-29-48-50-31-49-41-17-9-10-23-51(41)57-53(49)32-54(50)58-52(48)30-36(34)28-35/h1-32H. The number of fused-ring (bicyclic) bond motifs is 11. The second-order valence-electron chi connectivity index (χ2n) is 15.5. The van der Waals surface area contributed by atoms with Crippen LogP contribution in [-0.2, 0) is 0 Å². The molecule has 13 rings (SSSR count). The monoisotopic (exact) mass is 768 g/mol. The molecule has 13 aromatic rings. The van der Waals surface area contributed by atoms with Gasteiger partial charge in [0.05, 0.1) is 0 Å². The molecule has 0 bridgehead atoms. The van der Waals surface area contributed by atoms with Gasteiger partial charge in [-0.3, -0.25) is 0 Å². The zero-order valence-electron chi connectivity index (χ0n) is 31.3. The summed E-state index contributed by atoms with van der Waals surface area (Å²) >= 11 is 3.81. The normalized spacial score (nSPS) is 12.1. The lowest BCUT2D eigenvalue weighted by molar-refractivity contribution is 1.67. The molecule has 0 aliphatic rings. The highest BCUT2D eigenvalue weighted by atomic mass is 32.1. The van der Waals surface area contributed by atoms with Crippen molar-refractivity contribution in [3.05, 3.63) is 194 Å². The Kier molecular flexibility index (Phi) is 6.86. The molecule has 268 valence electrons. The molecule has 0 spiro atoms. The van der Waals surface area contributed by atoms with Crippen LogP contribution in [0.3, 0.4) is 0 Å². The molecular weight excluding hydrogens is 737 g/mol. The highest BCUT2D eigenvalue weighted by Gasteiger charge is 2.20. The fourth-order valence-electron chi connectivity index (χ4n) is 9.83. The molecule has 0 N–H and O–H groups in total. The van der Waals surface area contributed by atoms with Gasteiger partial charge in [-0.15, -0.1) is 22.7 Å². The first-order valence-electron chi connectivity index (χ1n) is 19.9. The molecule has 0 atom stereocenters. The quantitative estimate of drug-likeness (QED) is 0.157. The average Bonchev–Trinajstić information content (AvgIpc) is 3.82. The number of hydrogen-bond acceptors (Lipinski definition) is 2. The molecule has 0 saturated heterocycles. The van der Waals surface area contributed by atoms with E-state index in [1.165, 1.54) is 128 Å². The number of hydrogen-bond donors (Lipinski definition) is 0.